The van der Waals surface area contributed by atoms with Gasteiger partial charge in [-0.3, -0.25) is 9.59 Å². The number of aryl methyl sites for hydroxylation is 1. The summed E-state index contributed by atoms with van der Waals surface area (Å²) in [7, 11) is 0. The summed E-state index contributed by atoms with van der Waals surface area (Å²) in [5.74, 6) is 0. The number of benzene rings is 2. The van der Waals surface area contributed by atoms with Gasteiger partial charge >= 0.3 is 0 Å². The Hall–Kier alpha value is -2.73. The zero-order valence-corrected chi connectivity index (χ0v) is 16.2. The van der Waals surface area contributed by atoms with E-state index in [2.05, 4.69) is 57.8 Å². The van der Waals surface area contributed by atoms with Gasteiger partial charge in [0.1, 0.15) is 6.04 Å². The third kappa shape index (κ3) is 3.18. The number of rotatable bonds is 4. The van der Waals surface area contributed by atoms with Crippen molar-refractivity contribution in [1.29, 1.82) is 0 Å². The maximum Gasteiger partial charge on any atom is 0.287 e. The van der Waals surface area contributed by atoms with Crippen molar-refractivity contribution in [3.63, 3.8) is 0 Å². The summed E-state index contributed by atoms with van der Waals surface area (Å²) in [6, 6.07) is 16.8. The highest BCUT2D eigenvalue weighted by molar-refractivity contribution is 8.26. The van der Waals surface area contributed by atoms with E-state index in [1.807, 2.05) is 12.1 Å². The number of hydrogen-bond acceptors (Lipinski definition) is 4. The van der Waals surface area contributed by atoms with Crippen molar-refractivity contribution in [2.75, 3.05) is 5.32 Å². The zero-order valence-electron chi connectivity index (χ0n) is 15.4. The van der Waals surface area contributed by atoms with Gasteiger partial charge in [0.15, 0.2) is 0 Å². The molecule has 6 heteroatoms. The number of para-hydroxylation sites is 1. The van der Waals surface area contributed by atoms with Crippen LogP contribution in [0.3, 0.4) is 0 Å². The van der Waals surface area contributed by atoms with Crippen LogP contribution in [0.1, 0.15) is 17.5 Å². The van der Waals surface area contributed by atoms with E-state index in [1.165, 1.54) is 16.8 Å². The quantitative estimate of drug-likeness (QED) is 0.707. The molecule has 2 unspecified atom stereocenters. The van der Waals surface area contributed by atoms with Crippen molar-refractivity contribution in [3.05, 3.63) is 65.9 Å². The van der Waals surface area contributed by atoms with Gasteiger partial charge < -0.3 is 15.2 Å². The molecule has 3 heterocycles. The Bertz CT molecular complexity index is 1070. The number of nitrogens with zero attached hydrogens (tertiary/aromatic N) is 1. The summed E-state index contributed by atoms with van der Waals surface area (Å²) in [6.45, 7) is 0.899. The monoisotopic (exact) mass is 391 g/mol. The van der Waals surface area contributed by atoms with Crippen LogP contribution in [0.2, 0.25) is 0 Å². The highest BCUT2D eigenvalue weighted by Gasteiger charge is 2.31. The first-order valence-electron chi connectivity index (χ1n) is 9.61. The molecule has 0 aliphatic carbocycles. The van der Waals surface area contributed by atoms with Crippen molar-refractivity contribution < 1.29 is 9.59 Å². The molecule has 5 rings (SSSR count). The molecule has 142 valence electrons. The maximum absolute atomic E-state index is 12.0. The number of aromatic nitrogens is 1. The number of anilines is 1. The molecular formula is C22H21N3O2S. The molecule has 0 spiro atoms. The van der Waals surface area contributed by atoms with Gasteiger partial charge in [-0.2, -0.15) is 0 Å². The van der Waals surface area contributed by atoms with Gasteiger partial charge in [-0.05, 0) is 42.2 Å². The number of carbonyl (C=O) groups is 2. The lowest BCUT2D eigenvalue weighted by Gasteiger charge is -2.27. The van der Waals surface area contributed by atoms with Gasteiger partial charge in [-0.25, -0.2) is 0 Å². The minimum absolute atomic E-state index is 0.0912. The fourth-order valence-electron chi connectivity index (χ4n) is 4.25. The summed E-state index contributed by atoms with van der Waals surface area (Å²) >= 11 is 0.774. The van der Waals surface area contributed by atoms with E-state index in [9.17, 15) is 9.59 Å². The molecule has 1 amide bonds. The van der Waals surface area contributed by atoms with Crippen molar-refractivity contribution in [2.24, 2.45) is 0 Å². The Labute approximate surface area is 167 Å². The van der Waals surface area contributed by atoms with Crippen molar-refractivity contribution >= 4 is 38.7 Å². The van der Waals surface area contributed by atoms with E-state index in [0.29, 0.717) is 12.5 Å². The third-order valence-corrected chi connectivity index (χ3v) is 6.44. The van der Waals surface area contributed by atoms with E-state index >= 15 is 0 Å². The minimum Gasteiger partial charge on any atom is -0.380 e. The Morgan fingerprint density at radius 3 is 2.79 bits per heavy atom. The van der Waals surface area contributed by atoms with E-state index in [0.717, 1.165) is 42.1 Å². The molecule has 5 nitrogen and oxygen atoms in total. The molecule has 1 fully saturated rings. The van der Waals surface area contributed by atoms with Crippen LogP contribution < -0.4 is 10.6 Å². The van der Waals surface area contributed by atoms with E-state index < -0.39 is 6.04 Å². The van der Waals surface area contributed by atoms with Crippen molar-refractivity contribution in [2.45, 2.75) is 37.9 Å². The molecule has 28 heavy (non-hydrogen) atoms. The zero-order chi connectivity index (χ0) is 19.1. The molecular weight excluding hydrogens is 370 g/mol. The van der Waals surface area contributed by atoms with Crippen LogP contribution in [0.15, 0.2) is 54.7 Å². The number of fused-ring (bicyclic) bond motifs is 2. The molecule has 2 atom stereocenters. The van der Waals surface area contributed by atoms with Crippen molar-refractivity contribution in [3.8, 4) is 0 Å². The maximum atomic E-state index is 12.0. The lowest BCUT2D eigenvalue weighted by molar-refractivity contribution is -0.112. The SMILES string of the molecule is O=C1NC(Cc2cccc3c2ccn3CC2CCc3ccccc3N2)C(=O)S1. The van der Waals surface area contributed by atoms with E-state index in [1.54, 1.807) is 0 Å². The first-order chi connectivity index (χ1) is 13.7. The average molecular weight is 391 g/mol. The van der Waals surface area contributed by atoms with Gasteiger partial charge in [0.2, 0.25) is 5.12 Å². The molecule has 1 saturated heterocycles. The van der Waals surface area contributed by atoms with Crippen LogP contribution in [0.4, 0.5) is 10.5 Å². The number of amides is 1. The van der Waals surface area contributed by atoms with Gasteiger partial charge in [0.25, 0.3) is 5.24 Å². The first kappa shape index (κ1) is 17.4. The lowest BCUT2D eigenvalue weighted by Crippen LogP contribution is -2.31. The standard InChI is InChI=1S/C22H21N3O2S/c26-21-19(24-22(27)28-21)12-15-5-3-7-20-17(15)10-11-25(20)13-16-9-8-14-4-1-2-6-18(14)23-16/h1-7,10-11,16,19,23H,8-9,12-13H2,(H,24,27). The second-order valence-corrected chi connectivity index (χ2v) is 8.44. The number of thioether (sulfide) groups is 1. The Kier molecular flexibility index (Phi) is 4.36. The van der Waals surface area contributed by atoms with Gasteiger partial charge in [0.05, 0.1) is 0 Å². The summed E-state index contributed by atoms with van der Waals surface area (Å²) in [5.41, 5.74) is 4.89. The highest BCUT2D eigenvalue weighted by Crippen LogP contribution is 2.28. The van der Waals surface area contributed by atoms with Gasteiger partial charge in [-0.15, -0.1) is 0 Å². The molecule has 3 aromatic rings. The summed E-state index contributed by atoms with van der Waals surface area (Å²) in [5, 5.41) is 7.24. The molecule has 2 aliphatic heterocycles. The van der Waals surface area contributed by atoms with Crippen LogP contribution in [-0.2, 0) is 24.2 Å². The third-order valence-electron chi connectivity index (χ3n) is 5.65. The highest BCUT2D eigenvalue weighted by atomic mass is 32.2. The predicted molar refractivity (Wildman–Crippen MR) is 113 cm³/mol. The second kappa shape index (κ2) is 7.02. The molecule has 0 saturated carbocycles. The second-order valence-electron chi connectivity index (χ2n) is 7.46. The molecule has 2 N–H and O–H groups in total. The van der Waals surface area contributed by atoms with Crippen LogP contribution in [0.25, 0.3) is 10.9 Å². The van der Waals surface area contributed by atoms with E-state index in [-0.39, 0.29) is 10.4 Å². The summed E-state index contributed by atoms with van der Waals surface area (Å²) in [4.78, 5) is 23.4. The molecule has 0 radical (unpaired) electrons. The molecule has 2 aliphatic rings. The minimum atomic E-state index is -0.428. The molecule has 2 aromatic carbocycles. The van der Waals surface area contributed by atoms with E-state index in [4.69, 9.17) is 0 Å². The molecule has 1 aromatic heterocycles. The van der Waals surface area contributed by atoms with Crippen LogP contribution in [-0.4, -0.2) is 27.0 Å². The van der Waals surface area contributed by atoms with Gasteiger partial charge in [-0.1, -0.05) is 30.3 Å². The summed E-state index contributed by atoms with van der Waals surface area (Å²) < 4.78 is 2.29. The van der Waals surface area contributed by atoms with Crippen LogP contribution in [0, 0.1) is 0 Å². The van der Waals surface area contributed by atoms with Crippen LogP contribution in [0.5, 0.6) is 0 Å². The topological polar surface area (TPSA) is 63.1 Å². The Morgan fingerprint density at radius 1 is 1.04 bits per heavy atom. The summed E-state index contributed by atoms with van der Waals surface area (Å²) in [6.07, 6.45) is 4.86. The smallest absolute Gasteiger partial charge is 0.287 e. The largest absolute Gasteiger partial charge is 0.380 e. The Morgan fingerprint density at radius 2 is 1.93 bits per heavy atom. The fourth-order valence-corrected chi connectivity index (χ4v) is 4.92. The van der Waals surface area contributed by atoms with Gasteiger partial charge in [0, 0.05) is 53.6 Å². The number of nitrogens with one attached hydrogen (secondary N) is 2. The predicted octanol–water partition coefficient (Wildman–Crippen LogP) is 3.96. The normalized spacial score (nSPS) is 21.4. The lowest BCUT2D eigenvalue weighted by atomic mass is 9.98. The molecule has 0 bridgehead atoms. The average Bonchev–Trinajstić information content (AvgIpc) is 3.25. The first-order valence-corrected chi connectivity index (χ1v) is 10.4. The fraction of sp³-hybridized carbons (Fsp3) is 0.273. The van der Waals surface area contributed by atoms with Crippen LogP contribution >= 0.6 is 11.8 Å². The Balaban J connectivity index is 1.37. The number of hydrogen-bond donors (Lipinski definition) is 2. The van der Waals surface area contributed by atoms with Crippen molar-refractivity contribution in [1.82, 2.24) is 9.88 Å². The number of carbonyl (C=O) groups excluding carboxylic acids is 2.